The standard InChI is InChI=1S/C12H7ClF6N4O2/c1-20-10(24)23-7(12(17,18)19)3-8(22-23)25-9-6(13)2-5(4-21-9)11(14,15)16/h2-4H,1H3,(H,20,24). The van der Waals surface area contributed by atoms with Gasteiger partial charge in [0.1, 0.15) is 5.02 Å². The van der Waals surface area contributed by atoms with E-state index >= 15 is 0 Å². The molecule has 0 fully saturated rings. The number of hydrogen-bond acceptors (Lipinski definition) is 4. The number of amides is 1. The maximum absolute atomic E-state index is 12.9. The van der Waals surface area contributed by atoms with Gasteiger partial charge < -0.3 is 10.1 Å². The Morgan fingerprint density at radius 3 is 2.32 bits per heavy atom. The van der Waals surface area contributed by atoms with Gasteiger partial charge in [-0.15, -0.1) is 5.10 Å². The number of nitrogens with zero attached hydrogens (tertiary/aromatic N) is 3. The Morgan fingerprint density at radius 2 is 1.84 bits per heavy atom. The molecule has 0 spiro atoms. The Balaban J connectivity index is 2.38. The largest absolute Gasteiger partial charge is 0.433 e. The monoisotopic (exact) mass is 388 g/mol. The highest BCUT2D eigenvalue weighted by Gasteiger charge is 2.38. The van der Waals surface area contributed by atoms with Crippen LogP contribution in [0.5, 0.6) is 11.8 Å². The van der Waals surface area contributed by atoms with Gasteiger partial charge in [0, 0.05) is 19.3 Å². The average molecular weight is 389 g/mol. The van der Waals surface area contributed by atoms with Crippen LogP contribution in [0.1, 0.15) is 11.3 Å². The molecule has 0 bridgehead atoms. The fourth-order valence-corrected chi connectivity index (χ4v) is 1.83. The van der Waals surface area contributed by atoms with E-state index in [1.54, 1.807) is 0 Å². The van der Waals surface area contributed by atoms with E-state index in [1.165, 1.54) is 0 Å². The van der Waals surface area contributed by atoms with Crippen LogP contribution in [0.2, 0.25) is 5.02 Å². The molecule has 6 nitrogen and oxygen atoms in total. The van der Waals surface area contributed by atoms with E-state index in [4.69, 9.17) is 16.3 Å². The zero-order valence-electron chi connectivity index (χ0n) is 12.0. The predicted octanol–water partition coefficient (Wildman–Crippen LogP) is 3.95. The summed E-state index contributed by atoms with van der Waals surface area (Å²) in [6.45, 7) is 0. The maximum atomic E-state index is 12.9. The number of pyridine rings is 1. The van der Waals surface area contributed by atoms with Gasteiger partial charge in [-0.1, -0.05) is 11.6 Å². The number of nitrogens with one attached hydrogen (secondary N) is 1. The summed E-state index contributed by atoms with van der Waals surface area (Å²) in [5.41, 5.74) is -2.62. The molecule has 2 aromatic heterocycles. The minimum absolute atomic E-state index is 0.00663. The van der Waals surface area contributed by atoms with Crippen molar-refractivity contribution in [3.63, 3.8) is 0 Å². The van der Waals surface area contributed by atoms with Crippen molar-refractivity contribution in [2.75, 3.05) is 7.05 Å². The third-order valence-electron chi connectivity index (χ3n) is 2.72. The van der Waals surface area contributed by atoms with Crippen molar-refractivity contribution in [1.29, 1.82) is 0 Å². The zero-order chi connectivity index (χ0) is 19.0. The summed E-state index contributed by atoms with van der Waals surface area (Å²) in [5.74, 6) is -1.34. The highest BCUT2D eigenvalue weighted by molar-refractivity contribution is 6.31. The number of halogens is 7. The summed E-state index contributed by atoms with van der Waals surface area (Å²) in [6.07, 6.45) is -9.25. The second-order valence-corrected chi connectivity index (χ2v) is 4.85. The molecular weight excluding hydrogens is 382 g/mol. The van der Waals surface area contributed by atoms with Crippen LogP contribution in [0.3, 0.4) is 0 Å². The van der Waals surface area contributed by atoms with Gasteiger partial charge in [-0.3, -0.25) is 0 Å². The molecule has 0 radical (unpaired) electrons. The van der Waals surface area contributed by atoms with Crippen LogP contribution in [0.25, 0.3) is 0 Å². The van der Waals surface area contributed by atoms with Crippen LogP contribution in [0.4, 0.5) is 31.1 Å². The van der Waals surface area contributed by atoms with Gasteiger partial charge in [0.05, 0.1) is 5.56 Å². The first-order valence-electron chi connectivity index (χ1n) is 6.23. The first kappa shape index (κ1) is 18.8. The Bertz CT molecular complexity index is 802. The molecule has 2 aromatic rings. The average Bonchev–Trinajstić information content (AvgIpc) is 2.91. The van der Waals surface area contributed by atoms with E-state index in [2.05, 4.69) is 10.1 Å². The van der Waals surface area contributed by atoms with Crippen molar-refractivity contribution in [2.45, 2.75) is 12.4 Å². The number of hydrogen-bond donors (Lipinski definition) is 1. The van der Waals surface area contributed by atoms with Crippen LogP contribution in [0.15, 0.2) is 18.3 Å². The first-order valence-corrected chi connectivity index (χ1v) is 6.61. The first-order chi connectivity index (χ1) is 11.4. The van der Waals surface area contributed by atoms with Crippen molar-refractivity contribution >= 4 is 17.6 Å². The minimum atomic E-state index is -4.93. The van der Waals surface area contributed by atoms with Crippen LogP contribution in [-0.4, -0.2) is 27.8 Å². The fraction of sp³-hybridized carbons (Fsp3) is 0.250. The van der Waals surface area contributed by atoms with E-state index in [0.29, 0.717) is 18.3 Å². The Morgan fingerprint density at radius 1 is 1.20 bits per heavy atom. The lowest BCUT2D eigenvalue weighted by atomic mass is 10.3. The molecule has 0 aliphatic heterocycles. The molecule has 0 atom stereocenters. The maximum Gasteiger partial charge on any atom is 0.433 e. The molecule has 1 amide bonds. The van der Waals surface area contributed by atoms with Crippen molar-refractivity contribution in [1.82, 2.24) is 20.1 Å². The van der Waals surface area contributed by atoms with E-state index < -0.39 is 46.4 Å². The van der Waals surface area contributed by atoms with Crippen LogP contribution < -0.4 is 10.1 Å². The fourth-order valence-electron chi connectivity index (χ4n) is 1.63. The van der Waals surface area contributed by atoms with E-state index in [9.17, 15) is 31.1 Å². The second-order valence-electron chi connectivity index (χ2n) is 4.44. The molecule has 2 heterocycles. The number of aromatic nitrogens is 3. The molecule has 25 heavy (non-hydrogen) atoms. The molecule has 0 aliphatic carbocycles. The highest BCUT2D eigenvalue weighted by Crippen LogP contribution is 2.36. The summed E-state index contributed by atoms with van der Waals surface area (Å²) >= 11 is 5.59. The molecule has 136 valence electrons. The van der Waals surface area contributed by atoms with E-state index in [-0.39, 0.29) is 4.68 Å². The van der Waals surface area contributed by atoms with Gasteiger partial charge in [0.15, 0.2) is 5.69 Å². The van der Waals surface area contributed by atoms with Gasteiger partial charge >= 0.3 is 18.4 Å². The molecule has 2 rings (SSSR count). The minimum Gasteiger partial charge on any atom is -0.417 e. The number of ether oxygens (including phenoxy) is 1. The summed E-state index contributed by atoms with van der Waals surface area (Å²) in [4.78, 5) is 14.7. The summed E-state index contributed by atoms with van der Waals surface area (Å²) in [7, 11) is 1.08. The molecule has 0 unspecified atom stereocenters. The van der Waals surface area contributed by atoms with Crippen LogP contribution in [-0.2, 0) is 12.4 Å². The lowest BCUT2D eigenvalue weighted by molar-refractivity contribution is -0.143. The lowest BCUT2D eigenvalue weighted by Crippen LogP contribution is -2.29. The quantitative estimate of drug-likeness (QED) is 0.791. The molecule has 0 saturated heterocycles. The molecular formula is C12H7ClF6N4O2. The number of carbonyl (C=O) groups is 1. The van der Waals surface area contributed by atoms with E-state index in [1.807, 2.05) is 5.32 Å². The highest BCUT2D eigenvalue weighted by atomic mass is 35.5. The van der Waals surface area contributed by atoms with Crippen LogP contribution in [0, 0.1) is 0 Å². The summed E-state index contributed by atoms with van der Waals surface area (Å²) in [6, 6.07) is -0.330. The Labute approximate surface area is 140 Å². The van der Waals surface area contributed by atoms with Gasteiger partial charge in [-0.25, -0.2) is 9.78 Å². The van der Waals surface area contributed by atoms with Gasteiger partial charge in [-0.05, 0) is 6.07 Å². The van der Waals surface area contributed by atoms with Gasteiger partial charge in [-0.2, -0.15) is 31.0 Å². The summed E-state index contributed by atoms with van der Waals surface area (Å²) in [5, 5.41) is 4.64. The molecule has 1 N–H and O–H groups in total. The third-order valence-corrected chi connectivity index (χ3v) is 2.99. The van der Waals surface area contributed by atoms with Gasteiger partial charge in [0.2, 0.25) is 11.8 Å². The zero-order valence-corrected chi connectivity index (χ0v) is 12.8. The van der Waals surface area contributed by atoms with Crippen LogP contribution >= 0.6 is 11.6 Å². The smallest absolute Gasteiger partial charge is 0.417 e. The number of rotatable bonds is 2. The van der Waals surface area contributed by atoms with Crippen molar-refractivity contribution in [3.05, 3.63) is 34.6 Å². The predicted molar refractivity (Wildman–Crippen MR) is 71.4 cm³/mol. The second kappa shape index (κ2) is 6.43. The lowest BCUT2D eigenvalue weighted by Gasteiger charge is -2.08. The molecule has 13 heteroatoms. The normalized spacial score (nSPS) is 12.2. The number of alkyl halides is 6. The van der Waals surface area contributed by atoms with Gasteiger partial charge in [0.25, 0.3) is 0 Å². The van der Waals surface area contributed by atoms with Crippen molar-refractivity contribution in [2.24, 2.45) is 0 Å². The Kier molecular flexibility index (Phi) is 4.84. The molecule has 0 aliphatic rings. The topological polar surface area (TPSA) is 69.0 Å². The van der Waals surface area contributed by atoms with Crippen molar-refractivity contribution < 1.29 is 35.9 Å². The van der Waals surface area contributed by atoms with E-state index in [0.717, 1.165) is 7.05 Å². The summed E-state index contributed by atoms with van der Waals surface area (Å²) < 4.78 is 81.1. The number of carbonyl (C=O) groups excluding carboxylic acids is 1. The third kappa shape index (κ3) is 4.13. The molecule has 0 saturated carbocycles. The van der Waals surface area contributed by atoms with Crippen molar-refractivity contribution in [3.8, 4) is 11.8 Å². The SMILES string of the molecule is CNC(=O)n1nc(Oc2ncc(C(F)(F)F)cc2Cl)cc1C(F)(F)F. The molecule has 0 aromatic carbocycles. The Hall–Kier alpha value is -2.50.